The van der Waals surface area contributed by atoms with Gasteiger partial charge in [0.05, 0.1) is 10.8 Å². The van der Waals surface area contributed by atoms with Crippen LogP contribution < -0.4 is 5.32 Å². The molecular weight excluding hydrogens is 347 g/mol. The van der Waals surface area contributed by atoms with Gasteiger partial charge in [-0.05, 0) is 49.4 Å². The average Bonchev–Trinajstić information content (AvgIpc) is 2.49. The number of amides is 1. The van der Waals surface area contributed by atoms with E-state index in [0.717, 1.165) is 17.0 Å². The number of hydrogen-bond acceptors (Lipinski definition) is 2. The second kappa shape index (κ2) is 7.27. The van der Waals surface area contributed by atoms with Crippen molar-refractivity contribution in [1.29, 1.82) is 0 Å². The van der Waals surface area contributed by atoms with Crippen LogP contribution in [0.3, 0.4) is 0 Å². The van der Waals surface area contributed by atoms with Gasteiger partial charge in [-0.15, -0.1) is 11.8 Å². The normalized spacial score (nSPS) is 12.7. The SMILES string of the molecule is C[C@H](Sc1ccc(Cl)cc1)C(=O)Nc1cccc(C(F)(F)F)c1. The number of anilines is 1. The fourth-order valence-electron chi connectivity index (χ4n) is 1.79. The highest BCUT2D eigenvalue weighted by molar-refractivity contribution is 8.00. The van der Waals surface area contributed by atoms with Crippen LogP contribution in [0.5, 0.6) is 0 Å². The molecule has 122 valence electrons. The molecule has 1 atom stereocenters. The molecule has 23 heavy (non-hydrogen) atoms. The second-order valence-electron chi connectivity index (χ2n) is 4.78. The third kappa shape index (κ3) is 5.18. The quantitative estimate of drug-likeness (QED) is 0.732. The fraction of sp³-hybridized carbons (Fsp3) is 0.188. The van der Waals surface area contributed by atoms with E-state index in [1.807, 2.05) is 0 Å². The second-order valence-corrected chi connectivity index (χ2v) is 6.63. The first-order valence-corrected chi connectivity index (χ1v) is 7.92. The zero-order chi connectivity index (χ0) is 17.0. The van der Waals surface area contributed by atoms with E-state index in [4.69, 9.17) is 11.6 Å². The summed E-state index contributed by atoms with van der Waals surface area (Å²) >= 11 is 7.09. The van der Waals surface area contributed by atoms with Crippen molar-refractivity contribution in [2.24, 2.45) is 0 Å². The molecule has 0 saturated carbocycles. The molecule has 0 radical (unpaired) electrons. The summed E-state index contributed by atoms with van der Waals surface area (Å²) in [5.74, 6) is -0.371. The lowest BCUT2D eigenvalue weighted by Crippen LogP contribution is -2.22. The average molecular weight is 360 g/mol. The smallest absolute Gasteiger partial charge is 0.325 e. The minimum Gasteiger partial charge on any atom is -0.325 e. The van der Waals surface area contributed by atoms with Crippen LogP contribution in [0, 0.1) is 0 Å². The third-order valence-electron chi connectivity index (χ3n) is 2.95. The lowest BCUT2D eigenvalue weighted by atomic mass is 10.2. The zero-order valence-corrected chi connectivity index (χ0v) is 13.6. The number of halogens is 4. The molecule has 0 aromatic heterocycles. The van der Waals surface area contributed by atoms with E-state index >= 15 is 0 Å². The summed E-state index contributed by atoms with van der Waals surface area (Å²) in [5.41, 5.74) is -0.679. The van der Waals surface area contributed by atoms with Crippen molar-refractivity contribution >= 4 is 35.0 Å². The summed E-state index contributed by atoms with van der Waals surface area (Å²) in [6, 6.07) is 11.5. The molecular formula is C16H13ClF3NOS. The molecule has 2 rings (SSSR count). The van der Waals surface area contributed by atoms with Crippen molar-refractivity contribution in [2.75, 3.05) is 5.32 Å². The van der Waals surface area contributed by atoms with Crippen LogP contribution in [0.4, 0.5) is 18.9 Å². The first-order valence-electron chi connectivity index (χ1n) is 6.66. The van der Waals surface area contributed by atoms with E-state index < -0.39 is 17.0 Å². The van der Waals surface area contributed by atoms with E-state index in [0.29, 0.717) is 5.02 Å². The van der Waals surface area contributed by atoms with Crippen LogP contribution in [0.1, 0.15) is 12.5 Å². The van der Waals surface area contributed by atoms with Gasteiger partial charge in [0.25, 0.3) is 0 Å². The molecule has 0 heterocycles. The Balaban J connectivity index is 2.02. The molecule has 0 bridgehead atoms. The van der Waals surface area contributed by atoms with E-state index in [2.05, 4.69) is 5.32 Å². The number of hydrogen-bond donors (Lipinski definition) is 1. The van der Waals surface area contributed by atoms with Gasteiger partial charge >= 0.3 is 6.18 Å². The minimum atomic E-state index is -4.44. The maximum atomic E-state index is 12.7. The molecule has 2 nitrogen and oxygen atoms in total. The van der Waals surface area contributed by atoms with Crippen LogP contribution >= 0.6 is 23.4 Å². The van der Waals surface area contributed by atoms with Gasteiger partial charge in [0.1, 0.15) is 0 Å². The van der Waals surface area contributed by atoms with Crippen molar-refractivity contribution in [3.63, 3.8) is 0 Å². The number of alkyl halides is 3. The van der Waals surface area contributed by atoms with Gasteiger partial charge in [0.2, 0.25) is 5.91 Å². The van der Waals surface area contributed by atoms with Crippen molar-refractivity contribution < 1.29 is 18.0 Å². The highest BCUT2D eigenvalue weighted by atomic mass is 35.5. The van der Waals surface area contributed by atoms with Crippen molar-refractivity contribution in [3.8, 4) is 0 Å². The van der Waals surface area contributed by atoms with Crippen LogP contribution in [0.25, 0.3) is 0 Å². The third-order valence-corrected chi connectivity index (χ3v) is 4.32. The topological polar surface area (TPSA) is 29.1 Å². The predicted octanol–water partition coefficient (Wildman–Crippen LogP) is 5.48. The van der Waals surface area contributed by atoms with Crippen LogP contribution in [-0.4, -0.2) is 11.2 Å². The number of carbonyl (C=O) groups is 1. The van der Waals surface area contributed by atoms with Crippen molar-refractivity contribution in [3.05, 3.63) is 59.1 Å². The van der Waals surface area contributed by atoms with Crippen LogP contribution in [-0.2, 0) is 11.0 Å². The molecule has 0 unspecified atom stereocenters. The molecule has 7 heteroatoms. The van der Waals surface area contributed by atoms with Gasteiger partial charge in [-0.25, -0.2) is 0 Å². The van der Waals surface area contributed by atoms with Gasteiger partial charge in [0.15, 0.2) is 0 Å². The molecule has 0 aliphatic carbocycles. The zero-order valence-electron chi connectivity index (χ0n) is 12.0. The Morgan fingerprint density at radius 2 is 1.83 bits per heavy atom. The summed E-state index contributed by atoms with van der Waals surface area (Å²) in [6.45, 7) is 1.68. The lowest BCUT2D eigenvalue weighted by Gasteiger charge is -2.13. The highest BCUT2D eigenvalue weighted by Gasteiger charge is 2.30. The van der Waals surface area contributed by atoms with Gasteiger partial charge in [0, 0.05) is 15.6 Å². The Morgan fingerprint density at radius 3 is 2.43 bits per heavy atom. The summed E-state index contributed by atoms with van der Waals surface area (Å²) in [6.07, 6.45) is -4.44. The van der Waals surface area contributed by atoms with E-state index in [9.17, 15) is 18.0 Å². The molecule has 2 aromatic rings. The van der Waals surface area contributed by atoms with Gasteiger partial charge in [-0.3, -0.25) is 4.79 Å². The van der Waals surface area contributed by atoms with Gasteiger partial charge in [-0.2, -0.15) is 13.2 Å². The summed E-state index contributed by atoms with van der Waals surface area (Å²) in [5, 5.41) is 2.63. The van der Waals surface area contributed by atoms with Crippen LogP contribution in [0.15, 0.2) is 53.4 Å². The van der Waals surface area contributed by atoms with Crippen molar-refractivity contribution in [1.82, 2.24) is 0 Å². The molecule has 0 aliphatic rings. The van der Waals surface area contributed by atoms with E-state index in [1.54, 1.807) is 31.2 Å². The predicted molar refractivity (Wildman–Crippen MR) is 86.8 cm³/mol. The first-order chi connectivity index (χ1) is 10.8. The van der Waals surface area contributed by atoms with E-state index in [-0.39, 0.29) is 11.6 Å². The molecule has 0 aliphatic heterocycles. The van der Waals surface area contributed by atoms with Crippen LogP contribution in [0.2, 0.25) is 5.02 Å². The Labute approximate surface area is 141 Å². The fourth-order valence-corrected chi connectivity index (χ4v) is 2.78. The number of carbonyl (C=O) groups excluding carboxylic acids is 1. The molecule has 0 saturated heterocycles. The summed E-state index contributed by atoms with van der Waals surface area (Å²) in [4.78, 5) is 13.0. The Bertz CT molecular complexity index is 688. The lowest BCUT2D eigenvalue weighted by molar-refractivity contribution is -0.137. The maximum Gasteiger partial charge on any atom is 0.416 e. The number of nitrogens with one attached hydrogen (secondary N) is 1. The number of rotatable bonds is 4. The molecule has 0 fully saturated rings. The Hall–Kier alpha value is -1.66. The van der Waals surface area contributed by atoms with Crippen molar-refractivity contribution in [2.45, 2.75) is 23.2 Å². The largest absolute Gasteiger partial charge is 0.416 e. The standard InChI is InChI=1S/C16H13ClF3NOS/c1-10(23-14-7-5-12(17)6-8-14)15(22)21-13-4-2-3-11(9-13)16(18,19)20/h2-10H,1H3,(H,21,22)/t10-/m0/s1. The monoisotopic (exact) mass is 359 g/mol. The first kappa shape index (κ1) is 17.7. The molecule has 2 aromatic carbocycles. The molecule has 0 spiro atoms. The van der Waals surface area contributed by atoms with Gasteiger partial charge < -0.3 is 5.32 Å². The molecule has 1 amide bonds. The molecule has 1 N–H and O–H groups in total. The maximum absolute atomic E-state index is 12.7. The summed E-state index contributed by atoms with van der Waals surface area (Å²) in [7, 11) is 0. The van der Waals surface area contributed by atoms with Gasteiger partial charge in [-0.1, -0.05) is 17.7 Å². The number of thioether (sulfide) groups is 1. The van der Waals surface area contributed by atoms with E-state index in [1.165, 1.54) is 23.9 Å². The highest BCUT2D eigenvalue weighted by Crippen LogP contribution is 2.31. The Morgan fingerprint density at radius 1 is 1.17 bits per heavy atom. The minimum absolute atomic E-state index is 0.119. The number of benzene rings is 2. The Kier molecular flexibility index (Phi) is 5.59. The summed E-state index contributed by atoms with van der Waals surface area (Å²) < 4.78 is 38.0.